The Morgan fingerprint density at radius 3 is 2.80 bits per heavy atom. The van der Waals surface area contributed by atoms with Gasteiger partial charge in [0.15, 0.2) is 0 Å². The summed E-state index contributed by atoms with van der Waals surface area (Å²) in [4.78, 5) is 4.35. The van der Waals surface area contributed by atoms with E-state index in [4.69, 9.17) is 5.11 Å². The SMILES string of the molecule is CNc1cccc(NC(C)CCCO)n1. The zero-order valence-electron chi connectivity index (χ0n) is 9.33. The van der Waals surface area contributed by atoms with Crippen molar-refractivity contribution >= 4 is 11.6 Å². The highest BCUT2D eigenvalue weighted by Gasteiger charge is 2.02. The van der Waals surface area contributed by atoms with Crippen LogP contribution in [0.15, 0.2) is 18.2 Å². The molecule has 1 atom stereocenters. The van der Waals surface area contributed by atoms with Crippen molar-refractivity contribution in [3.05, 3.63) is 18.2 Å². The van der Waals surface area contributed by atoms with Gasteiger partial charge >= 0.3 is 0 Å². The van der Waals surface area contributed by atoms with Gasteiger partial charge in [-0.15, -0.1) is 0 Å². The largest absolute Gasteiger partial charge is 0.396 e. The van der Waals surface area contributed by atoms with Crippen LogP contribution in [0.1, 0.15) is 19.8 Å². The van der Waals surface area contributed by atoms with Crippen molar-refractivity contribution in [2.75, 3.05) is 24.3 Å². The second-order valence-corrected chi connectivity index (χ2v) is 3.57. The molecular formula is C11H19N3O. The molecule has 4 nitrogen and oxygen atoms in total. The second kappa shape index (κ2) is 6.24. The lowest BCUT2D eigenvalue weighted by Gasteiger charge is -2.14. The van der Waals surface area contributed by atoms with Gasteiger partial charge in [0.1, 0.15) is 11.6 Å². The maximum absolute atomic E-state index is 8.71. The Morgan fingerprint density at radius 1 is 1.40 bits per heavy atom. The van der Waals surface area contributed by atoms with Crippen molar-refractivity contribution in [1.82, 2.24) is 4.98 Å². The molecule has 0 fully saturated rings. The van der Waals surface area contributed by atoms with Crippen molar-refractivity contribution in [2.24, 2.45) is 0 Å². The average Bonchev–Trinajstić information content (AvgIpc) is 2.26. The van der Waals surface area contributed by atoms with E-state index in [0.717, 1.165) is 24.5 Å². The molecule has 1 rings (SSSR count). The molecule has 15 heavy (non-hydrogen) atoms. The first-order chi connectivity index (χ1) is 7.26. The normalized spacial score (nSPS) is 12.2. The van der Waals surface area contributed by atoms with Gasteiger partial charge < -0.3 is 15.7 Å². The fourth-order valence-corrected chi connectivity index (χ4v) is 1.38. The number of nitrogens with one attached hydrogen (secondary N) is 2. The molecule has 4 heteroatoms. The van der Waals surface area contributed by atoms with Crippen molar-refractivity contribution in [2.45, 2.75) is 25.8 Å². The molecule has 1 aromatic rings. The van der Waals surface area contributed by atoms with Gasteiger partial charge in [0.25, 0.3) is 0 Å². The molecule has 0 aromatic carbocycles. The molecule has 0 amide bonds. The number of anilines is 2. The summed E-state index contributed by atoms with van der Waals surface area (Å²) < 4.78 is 0. The second-order valence-electron chi connectivity index (χ2n) is 3.57. The maximum Gasteiger partial charge on any atom is 0.128 e. The minimum atomic E-state index is 0.246. The van der Waals surface area contributed by atoms with E-state index in [2.05, 4.69) is 22.5 Å². The van der Waals surface area contributed by atoms with Gasteiger partial charge in [-0.25, -0.2) is 4.98 Å². The van der Waals surface area contributed by atoms with Gasteiger partial charge in [0.05, 0.1) is 0 Å². The van der Waals surface area contributed by atoms with E-state index in [9.17, 15) is 0 Å². The molecule has 3 N–H and O–H groups in total. The van der Waals surface area contributed by atoms with Crippen molar-refractivity contribution in [1.29, 1.82) is 0 Å². The van der Waals surface area contributed by atoms with E-state index in [1.807, 2.05) is 25.2 Å². The van der Waals surface area contributed by atoms with E-state index in [1.165, 1.54) is 0 Å². The van der Waals surface area contributed by atoms with Crippen LogP contribution in [0.25, 0.3) is 0 Å². The lowest BCUT2D eigenvalue weighted by molar-refractivity contribution is 0.282. The third-order valence-corrected chi connectivity index (χ3v) is 2.19. The van der Waals surface area contributed by atoms with Crippen LogP contribution >= 0.6 is 0 Å². The van der Waals surface area contributed by atoms with Gasteiger partial charge in [-0.1, -0.05) is 6.07 Å². The standard InChI is InChI=1S/C11H19N3O/c1-9(5-4-8-15)13-11-7-3-6-10(12-2)14-11/h3,6-7,9,15H,4-5,8H2,1-2H3,(H2,12,13,14). The smallest absolute Gasteiger partial charge is 0.128 e. The van der Waals surface area contributed by atoms with E-state index in [1.54, 1.807) is 0 Å². The van der Waals surface area contributed by atoms with Gasteiger partial charge in [0.2, 0.25) is 0 Å². The van der Waals surface area contributed by atoms with Gasteiger partial charge in [-0.2, -0.15) is 0 Å². The fourth-order valence-electron chi connectivity index (χ4n) is 1.38. The zero-order chi connectivity index (χ0) is 11.1. The van der Waals surface area contributed by atoms with Crippen LogP contribution in [0.3, 0.4) is 0 Å². The highest BCUT2D eigenvalue weighted by Crippen LogP contribution is 2.11. The summed E-state index contributed by atoms with van der Waals surface area (Å²) in [6.45, 7) is 2.33. The van der Waals surface area contributed by atoms with E-state index < -0.39 is 0 Å². The highest BCUT2D eigenvalue weighted by atomic mass is 16.2. The lowest BCUT2D eigenvalue weighted by Crippen LogP contribution is -2.16. The van der Waals surface area contributed by atoms with Crippen molar-refractivity contribution in [3.8, 4) is 0 Å². The third kappa shape index (κ3) is 4.16. The molecule has 0 aliphatic carbocycles. The molecule has 1 unspecified atom stereocenters. The topological polar surface area (TPSA) is 57.2 Å². The van der Waals surface area contributed by atoms with E-state index >= 15 is 0 Å². The van der Waals surface area contributed by atoms with Gasteiger partial charge in [-0.3, -0.25) is 0 Å². The Balaban J connectivity index is 2.48. The Morgan fingerprint density at radius 2 is 2.13 bits per heavy atom. The number of rotatable bonds is 6. The molecule has 0 bridgehead atoms. The summed E-state index contributed by atoms with van der Waals surface area (Å²) >= 11 is 0. The van der Waals surface area contributed by atoms with Crippen LogP contribution in [0.5, 0.6) is 0 Å². The van der Waals surface area contributed by atoms with Gasteiger partial charge in [0, 0.05) is 19.7 Å². The molecule has 0 radical (unpaired) electrons. The predicted octanol–water partition coefficient (Wildman–Crippen LogP) is 1.70. The quantitative estimate of drug-likeness (QED) is 0.667. The number of pyridine rings is 1. The summed E-state index contributed by atoms with van der Waals surface area (Å²) in [5, 5.41) is 15.0. The first kappa shape index (κ1) is 11.8. The number of aliphatic hydroxyl groups is 1. The number of hydrogen-bond acceptors (Lipinski definition) is 4. The monoisotopic (exact) mass is 209 g/mol. The summed E-state index contributed by atoms with van der Waals surface area (Å²) in [7, 11) is 1.85. The van der Waals surface area contributed by atoms with Crippen LogP contribution in [0, 0.1) is 0 Å². The summed E-state index contributed by atoms with van der Waals surface area (Å²) in [5.41, 5.74) is 0. The van der Waals surface area contributed by atoms with Crippen molar-refractivity contribution in [3.63, 3.8) is 0 Å². The first-order valence-corrected chi connectivity index (χ1v) is 5.28. The summed E-state index contributed by atoms with van der Waals surface area (Å²) in [6.07, 6.45) is 1.77. The Bertz CT molecular complexity index is 291. The fraction of sp³-hybridized carbons (Fsp3) is 0.545. The molecule has 0 aliphatic heterocycles. The van der Waals surface area contributed by atoms with Crippen molar-refractivity contribution < 1.29 is 5.11 Å². The third-order valence-electron chi connectivity index (χ3n) is 2.19. The van der Waals surface area contributed by atoms with E-state index in [-0.39, 0.29) is 6.61 Å². The Kier molecular flexibility index (Phi) is 4.90. The Hall–Kier alpha value is -1.29. The van der Waals surface area contributed by atoms with Crippen LogP contribution in [0.4, 0.5) is 11.6 Å². The van der Waals surface area contributed by atoms with Crippen LogP contribution in [-0.4, -0.2) is 29.8 Å². The minimum Gasteiger partial charge on any atom is -0.396 e. The molecule has 1 heterocycles. The number of hydrogen-bond donors (Lipinski definition) is 3. The molecule has 0 aliphatic rings. The molecular weight excluding hydrogens is 190 g/mol. The molecule has 1 aromatic heterocycles. The zero-order valence-corrected chi connectivity index (χ0v) is 9.33. The van der Waals surface area contributed by atoms with Crippen LogP contribution in [-0.2, 0) is 0 Å². The predicted molar refractivity (Wildman–Crippen MR) is 63.2 cm³/mol. The van der Waals surface area contributed by atoms with Crippen LogP contribution < -0.4 is 10.6 Å². The van der Waals surface area contributed by atoms with Gasteiger partial charge in [-0.05, 0) is 31.9 Å². The first-order valence-electron chi connectivity index (χ1n) is 5.28. The molecule has 84 valence electrons. The summed E-state index contributed by atoms with van der Waals surface area (Å²) in [6, 6.07) is 6.15. The van der Waals surface area contributed by atoms with Crippen LogP contribution in [0.2, 0.25) is 0 Å². The molecule has 0 spiro atoms. The maximum atomic E-state index is 8.71. The molecule has 0 saturated heterocycles. The highest BCUT2D eigenvalue weighted by molar-refractivity contribution is 5.45. The summed E-state index contributed by atoms with van der Waals surface area (Å²) in [5.74, 6) is 1.72. The number of aliphatic hydroxyl groups excluding tert-OH is 1. The number of aromatic nitrogens is 1. The Labute approximate surface area is 90.7 Å². The van der Waals surface area contributed by atoms with E-state index in [0.29, 0.717) is 6.04 Å². The lowest BCUT2D eigenvalue weighted by atomic mass is 10.2. The number of nitrogens with zero attached hydrogens (tertiary/aromatic N) is 1. The average molecular weight is 209 g/mol. The minimum absolute atomic E-state index is 0.246. The molecule has 0 saturated carbocycles.